The summed E-state index contributed by atoms with van der Waals surface area (Å²) < 4.78 is 8.75. The number of carbonyl (C=O) groups excluding carboxylic acids is 1. The van der Waals surface area contributed by atoms with E-state index in [-0.39, 0.29) is 17.2 Å². The highest BCUT2D eigenvalue weighted by atomic mass is 32.2. The number of para-hydroxylation sites is 1. The summed E-state index contributed by atoms with van der Waals surface area (Å²) in [7, 11) is 1.63. The van der Waals surface area contributed by atoms with Gasteiger partial charge < -0.3 is 14.6 Å². The highest BCUT2D eigenvalue weighted by molar-refractivity contribution is 7.99. The van der Waals surface area contributed by atoms with Gasteiger partial charge >= 0.3 is 0 Å². The number of rotatable bonds is 7. The number of amides is 1. The molecular weight excluding hydrogens is 532 g/mol. The van der Waals surface area contributed by atoms with Gasteiger partial charge in [-0.2, -0.15) is 4.68 Å². The van der Waals surface area contributed by atoms with E-state index in [2.05, 4.69) is 20.0 Å². The van der Waals surface area contributed by atoms with Crippen LogP contribution in [0.3, 0.4) is 0 Å². The summed E-state index contributed by atoms with van der Waals surface area (Å²) in [5.74, 6) is 1.20. The molecule has 3 aromatic rings. The van der Waals surface area contributed by atoms with Crippen LogP contribution >= 0.6 is 23.1 Å². The maximum absolute atomic E-state index is 13.4. The van der Waals surface area contributed by atoms with Crippen molar-refractivity contribution in [2.45, 2.75) is 37.4 Å². The monoisotopic (exact) mass is 558 g/mol. The number of thioether (sulfide) groups is 1. The van der Waals surface area contributed by atoms with E-state index in [0.717, 1.165) is 54.9 Å². The van der Waals surface area contributed by atoms with Gasteiger partial charge in [0.1, 0.15) is 11.3 Å². The van der Waals surface area contributed by atoms with Crippen molar-refractivity contribution in [3.63, 3.8) is 0 Å². The lowest BCUT2D eigenvalue weighted by atomic mass is 10.1. The number of hydrogen-bond donors (Lipinski definition) is 1. The van der Waals surface area contributed by atoms with E-state index >= 15 is 0 Å². The second-order valence-electron chi connectivity index (χ2n) is 9.16. The Morgan fingerprint density at radius 1 is 1.08 bits per heavy atom. The Balaban J connectivity index is 1.23. The maximum atomic E-state index is 13.4. The zero-order valence-electron chi connectivity index (χ0n) is 21.3. The van der Waals surface area contributed by atoms with Crippen molar-refractivity contribution in [1.29, 1.82) is 0 Å². The molecule has 3 aliphatic heterocycles. The lowest BCUT2D eigenvalue weighted by Crippen LogP contribution is -2.20. The molecule has 1 N–H and O–H groups in total. The van der Waals surface area contributed by atoms with E-state index in [1.54, 1.807) is 7.11 Å². The minimum Gasteiger partial charge on any atom is -0.497 e. The second kappa shape index (κ2) is 11.0. The first-order chi connectivity index (χ1) is 19.1. The molecule has 0 saturated carbocycles. The van der Waals surface area contributed by atoms with E-state index in [4.69, 9.17) is 9.72 Å². The molecule has 0 spiro atoms. The zero-order valence-corrected chi connectivity index (χ0v) is 22.9. The van der Waals surface area contributed by atoms with Gasteiger partial charge in [-0.15, -0.1) is 16.4 Å². The number of nitrogens with one attached hydrogen (secondary N) is 1. The number of ether oxygens (including phenoxy) is 1. The SMILES string of the molecule is COc1ccc(-c2csc(NC(=O)CSc3nc4nn(-c5ccccc5)c(=O)c-4c4n3CCCCC4)n2)cc1. The first kappa shape index (κ1) is 25.3. The first-order valence-electron chi connectivity index (χ1n) is 12.7. The van der Waals surface area contributed by atoms with E-state index in [0.29, 0.717) is 27.4 Å². The molecule has 2 aromatic carbocycles. The predicted octanol–water partition coefficient (Wildman–Crippen LogP) is 5.12. The van der Waals surface area contributed by atoms with Crippen LogP contribution in [0.5, 0.6) is 5.75 Å². The molecular formula is C28H26N6O3S2. The molecule has 1 amide bonds. The number of benzene rings is 2. The number of nitrogens with zero attached hydrogens (tertiary/aromatic N) is 5. The Morgan fingerprint density at radius 3 is 2.69 bits per heavy atom. The maximum Gasteiger partial charge on any atom is 0.284 e. The summed E-state index contributed by atoms with van der Waals surface area (Å²) in [6.07, 6.45) is 3.86. The molecule has 0 fully saturated rings. The molecule has 0 radical (unpaired) electrons. The molecule has 0 aliphatic carbocycles. The topological polar surface area (TPSA) is 104 Å². The van der Waals surface area contributed by atoms with Gasteiger partial charge in [-0.1, -0.05) is 36.4 Å². The number of anilines is 1. The molecule has 0 atom stereocenters. The molecule has 0 bridgehead atoms. The predicted molar refractivity (Wildman–Crippen MR) is 153 cm³/mol. The standard InChI is InChI=1S/C28H26N6O3S2/c1-37-20-13-11-18(12-14-20)21-16-38-27(29-21)30-23(35)17-39-28-31-25-24(22-10-6-3-7-15-33(22)28)26(36)34(32-25)19-8-4-2-5-9-19/h2,4-5,8-9,11-14,16H,3,6-7,10,15,17H2,1H3,(H,29,30,35). The van der Waals surface area contributed by atoms with Crippen LogP contribution < -0.4 is 15.6 Å². The number of aromatic nitrogens is 5. The van der Waals surface area contributed by atoms with E-state index in [1.165, 1.54) is 27.8 Å². The van der Waals surface area contributed by atoms with Crippen molar-refractivity contribution in [2.24, 2.45) is 0 Å². The minimum absolute atomic E-state index is 0.153. The average molecular weight is 559 g/mol. The molecule has 198 valence electrons. The van der Waals surface area contributed by atoms with Gasteiger partial charge in [0.2, 0.25) is 5.91 Å². The first-order valence-corrected chi connectivity index (χ1v) is 14.6. The molecule has 11 heteroatoms. The van der Waals surface area contributed by atoms with Gasteiger partial charge in [-0.05, 0) is 55.7 Å². The van der Waals surface area contributed by atoms with Crippen LogP contribution in [0.2, 0.25) is 0 Å². The number of carbonyl (C=O) groups is 1. The number of methoxy groups -OCH3 is 1. The fraction of sp³-hybridized carbons (Fsp3) is 0.250. The Hall–Kier alpha value is -3.96. The smallest absolute Gasteiger partial charge is 0.284 e. The Labute approximate surface area is 233 Å². The average Bonchev–Trinajstić information content (AvgIpc) is 3.47. The summed E-state index contributed by atoms with van der Waals surface area (Å²) in [6, 6.07) is 17.0. The molecule has 9 nitrogen and oxygen atoms in total. The molecule has 0 saturated heterocycles. The quantitative estimate of drug-likeness (QED) is 0.218. The summed E-state index contributed by atoms with van der Waals surface area (Å²) >= 11 is 2.74. The molecule has 1 aromatic heterocycles. The van der Waals surface area contributed by atoms with Crippen LogP contribution in [0, 0.1) is 0 Å². The summed E-state index contributed by atoms with van der Waals surface area (Å²) in [5.41, 5.74) is 3.83. The third-order valence-corrected chi connectivity index (χ3v) is 8.37. The van der Waals surface area contributed by atoms with E-state index in [9.17, 15) is 9.59 Å². The Bertz CT molecular complexity index is 1640. The van der Waals surface area contributed by atoms with Crippen LogP contribution in [0.15, 0.2) is 69.9 Å². The minimum atomic E-state index is -0.167. The summed E-state index contributed by atoms with van der Waals surface area (Å²) in [5, 5.41) is 10.6. The van der Waals surface area contributed by atoms with E-state index < -0.39 is 0 Å². The van der Waals surface area contributed by atoms with Crippen LogP contribution in [0.4, 0.5) is 5.13 Å². The number of thiazole rings is 1. The third-order valence-electron chi connectivity index (χ3n) is 6.64. The fourth-order valence-corrected chi connectivity index (χ4v) is 6.30. The molecule has 3 aliphatic rings. The number of fused-ring (bicyclic) bond motifs is 3. The van der Waals surface area contributed by atoms with Gasteiger partial charge in [-0.25, -0.2) is 9.97 Å². The lowest BCUT2D eigenvalue weighted by Gasteiger charge is -2.17. The summed E-state index contributed by atoms with van der Waals surface area (Å²) in [4.78, 5) is 35.6. The molecule has 4 heterocycles. The van der Waals surface area contributed by atoms with E-state index in [1.807, 2.05) is 60.0 Å². The highest BCUT2D eigenvalue weighted by Gasteiger charge is 2.27. The van der Waals surface area contributed by atoms with Gasteiger partial charge in [0.05, 0.1) is 24.2 Å². The van der Waals surface area contributed by atoms with Crippen LogP contribution in [-0.4, -0.2) is 43.1 Å². The van der Waals surface area contributed by atoms with Crippen molar-refractivity contribution >= 4 is 34.1 Å². The highest BCUT2D eigenvalue weighted by Crippen LogP contribution is 2.31. The Morgan fingerprint density at radius 2 is 1.90 bits per heavy atom. The van der Waals surface area contributed by atoms with Crippen molar-refractivity contribution < 1.29 is 9.53 Å². The second-order valence-corrected chi connectivity index (χ2v) is 11.0. The summed E-state index contributed by atoms with van der Waals surface area (Å²) in [6.45, 7) is 0.760. The van der Waals surface area contributed by atoms with Crippen molar-refractivity contribution in [2.75, 3.05) is 18.2 Å². The zero-order chi connectivity index (χ0) is 26.8. The van der Waals surface area contributed by atoms with Crippen LogP contribution in [-0.2, 0) is 17.8 Å². The molecule has 0 unspecified atom stereocenters. The van der Waals surface area contributed by atoms with Gasteiger partial charge in [-0.3, -0.25) is 9.59 Å². The van der Waals surface area contributed by atoms with Crippen molar-refractivity contribution in [3.8, 4) is 34.1 Å². The normalized spacial score (nSPS) is 13.2. The van der Waals surface area contributed by atoms with Gasteiger partial charge in [0.25, 0.3) is 5.56 Å². The van der Waals surface area contributed by atoms with Crippen LogP contribution in [0.1, 0.15) is 25.0 Å². The number of hydrogen-bond acceptors (Lipinski definition) is 8. The van der Waals surface area contributed by atoms with Crippen molar-refractivity contribution in [3.05, 3.63) is 76.0 Å². The third kappa shape index (κ3) is 5.19. The van der Waals surface area contributed by atoms with Gasteiger partial charge in [0.15, 0.2) is 16.1 Å². The fourth-order valence-electron chi connectivity index (χ4n) is 4.72. The Kier molecular flexibility index (Phi) is 7.16. The van der Waals surface area contributed by atoms with Gasteiger partial charge in [0, 0.05) is 23.2 Å². The van der Waals surface area contributed by atoms with Crippen molar-refractivity contribution in [1.82, 2.24) is 24.3 Å². The molecule has 6 rings (SSSR count). The lowest BCUT2D eigenvalue weighted by molar-refractivity contribution is -0.113. The largest absolute Gasteiger partial charge is 0.497 e. The van der Waals surface area contributed by atoms with Crippen LogP contribution in [0.25, 0.3) is 28.3 Å². The molecule has 39 heavy (non-hydrogen) atoms.